The van der Waals surface area contributed by atoms with Crippen LogP contribution in [0.1, 0.15) is 45.4 Å². The van der Waals surface area contributed by atoms with Crippen LogP contribution in [0, 0.1) is 0 Å². The molecule has 4 heteroatoms. The molecule has 19 heavy (non-hydrogen) atoms. The van der Waals surface area contributed by atoms with Gasteiger partial charge < -0.3 is 15.3 Å². The number of amides is 1. The summed E-state index contributed by atoms with van der Waals surface area (Å²) in [6, 6.07) is 0. The fourth-order valence-electron chi connectivity index (χ4n) is 1.92. The summed E-state index contributed by atoms with van der Waals surface area (Å²) in [6.45, 7) is 8.40. The van der Waals surface area contributed by atoms with Gasteiger partial charge in [-0.15, -0.1) is 6.58 Å². The van der Waals surface area contributed by atoms with Crippen LogP contribution in [0.3, 0.4) is 0 Å². The molecule has 0 aliphatic rings. The molecule has 0 aromatic heterocycles. The van der Waals surface area contributed by atoms with Crippen LogP contribution < -0.4 is 5.32 Å². The van der Waals surface area contributed by atoms with Crippen LogP contribution in [0.25, 0.3) is 0 Å². The molecular weight excluding hydrogens is 240 g/mol. The van der Waals surface area contributed by atoms with Crippen LogP contribution in [0.4, 0.5) is 0 Å². The minimum Gasteiger partial charge on any atom is -0.396 e. The van der Waals surface area contributed by atoms with Gasteiger partial charge in [0.25, 0.3) is 0 Å². The highest BCUT2D eigenvalue weighted by Crippen LogP contribution is 2.04. The van der Waals surface area contributed by atoms with E-state index >= 15 is 0 Å². The van der Waals surface area contributed by atoms with Crippen molar-refractivity contribution in [1.29, 1.82) is 0 Å². The van der Waals surface area contributed by atoms with E-state index in [2.05, 4.69) is 18.8 Å². The second-order valence-corrected chi connectivity index (χ2v) is 4.79. The number of unbranched alkanes of at least 4 members (excludes halogenated alkanes) is 4. The van der Waals surface area contributed by atoms with E-state index in [9.17, 15) is 4.79 Å². The molecule has 0 unspecified atom stereocenters. The van der Waals surface area contributed by atoms with Crippen molar-refractivity contribution < 1.29 is 9.90 Å². The summed E-state index contributed by atoms with van der Waals surface area (Å²) in [7, 11) is 0. The van der Waals surface area contributed by atoms with Crippen molar-refractivity contribution in [1.82, 2.24) is 10.2 Å². The number of carbonyl (C=O) groups is 1. The number of aliphatic hydroxyl groups excluding tert-OH is 1. The number of rotatable bonds is 13. The lowest BCUT2D eigenvalue weighted by molar-refractivity contribution is -0.130. The second-order valence-electron chi connectivity index (χ2n) is 4.79. The fourth-order valence-corrected chi connectivity index (χ4v) is 1.92. The molecule has 0 fully saturated rings. The number of hydrogen-bond acceptors (Lipinski definition) is 3. The van der Waals surface area contributed by atoms with Crippen molar-refractivity contribution >= 4 is 5.91 Å². The number of carbonyl (C=O) groups excluding carboxylic acids is 1. The van der Waals surface area contributed by atoms with E-state index in [1.165, 1.54) is 25.7 Å². The first-order chi connectivity index (χ1) is 9.26. The first-order valence-electron chi connectivity index (χ1n) is 7.46. The smallest absolute Gasteiger partial charge is 0.236 e. The monoisotopic (exact) mass is 270 g/mol. The van der Waals surface area contributed by atoms with Gasteiger partial charge in [0.2, 0.25) is 5.91 Å². The molecule has 0 radical (unpaired) electrons. The lowest BCUT2D eigenvalue weighted by Crippen LogP contribution is -2.39. The van der Waals surface area contributed by atoms with Crippen LogP contribution >= 0.6 is 0 Å². The maximum absolute atomic E-state index is 12.0. The Balaban J connectivity index is 3.91. The number of aliphatic hydroxyl groups is 1. The summed E-state index contributed by atoms with van der Waals surface area (Å²) in [5, 5.41) is 11.9. The molecule has 112 valence electrons. The summed E-state index contributed by atoms with van der Waals surface area (Å²) in [5.74, 6) is 0.116. The van der Waals surface area contributed by atoms with Crippen LogP contribution in [0.2, 0.25) is 0 Å². The zero-order valence-electron chi connectivity index (χ0n) is 12.4. The molecule has 0 atom stereocenters. The zero-order valence-corrected chi connectivity index (χ0v) is 12.4. The second kappa shape index (κ2) is 13.6. The highest BCUT2D eigenvalue weighted by atomic mass is 16.3. The average molecular weight is 270 g/mol. The Bertz CT molecular complexity index is 232. The molecule has 0 rings (SSSR count). The summed E-state index contributed by atoms with van der Waals surface area (Å²) in [4.78, 5) is 13.9. The highest BCUT2D eigenvalue weighted by Gasteiger charge is 2.11. The third-order valence-electron chi connectivity index (χ3n) is 3.04. The Labute approximate surface area is 117 Å². The maximum atomic E-state index is 12.0. The summed E-state index contributed by atoms with van der Waals surface area (Å²) < 4.78 is 0. The predicted molar refractivity (Wildman–Crippen MR) is 80.1 cm³/mol. The minimum absolute atomic E-state index is 0.116. The molecular formula is C15H30N2O2. The summed E-state index contributed by atoms with van der Waals surface area (Å²) in [5.41, 5.74) is 0. The van der Waals surface area contributed by atoms with Crippen molar-refractivity contribution in [2.75, 3.05) is 32.8 Å². The van der Waals surface area contributed by atoms with Crippen LogP contribution in [0.5, 0.6) is 0 Å². The third-order valence-corrected chi connectivity index (χ3v) is 3.04. The molecule has 1 amide bonds. The lowest BCUT2D eigenvalue weighted by Gasteiger charge is -2.22. The van der Waals surface area contributed by atoms with Gasteiger partial charge in [-0.2, -0.15) is 0 Å². The average Bonchev–Trinajstić information content (AvgIpc) is 2.42. The van der Waals surface area contributed by atoms with Crippen molar-refractivity contribution in [3.8, 4) is 0 Å². The Morgan fingerprint density at radius 3 is 2.53 bits per heavy atom. The van der Waals surface area contributed by atoms with E-state index < -0.39 is 0 Å². The van der Waals surface area contributed by atoms with E-state index in [0.717, 1.165) is 13.0 Å². The molecule has 4 nitrogen and oxygen atoms in total. The maximum Gasteiger partial charge on any atom is 0.236 e. The standard InChI is InChI=1S/C15H30N2O2/c1-3-5-6-7-8-11-17(12-9-13-18)15(19)14-16-10-4-2/h4,16,18H,2-3,5-14H2,1H3. The largest absolute Gasteiger partial charge is 0.396 e. The minimum atomic E-state index is 0.116. The van der Waals surface area contributed by atoms with Gasteiger partial charge in [-0.25, -0.2) is 0 Å². The van der Waals surface area contributed by atoms with Gasteiger partial charge in [0.05, 0.1) is 6.54 Å². The van der Waals surface area contributed by atoms with Crippen LogP contribution in [-0.4, -0.2) is 48.7 Å². The molecule has 0 aromatic carbocycles. The SMILES string of the molecule is C=CCNCC(=O)N(CCCO)CCCCCCC. The van der Waals surface area contributed by atoms with Gasteiger partial charge in [0, 0.05) is 26.2 Å². The van der Waals surface area contributed by atoms with Crippen LogP contribution in [0.15, 0.2) is 12.7 Å². The topological polar surface area (TPSA) is 52.6 Å². The first kappa shape index (κ1) is 18.1. The molecule has 0 spiro atoms. The normalized spacial score (nSPS) is 10.4. The molecule has 0 aliphatic carbocycles. The quantitative estimate of drug-likeness (QED) is 0.397. The Morgan fingerprint density at radius 2 is 1.89 bits per heavy atom. The predicted octanol–water partition coefficient (Wildman–Crippen LogP) is 1.94. The Hall–Kier alpha value is -0.870. The molecule has 2 N–H and O–H groups in total. The van der Waals surface area contributed by atoms with E-state index in [0.29, 0.717) is 26.1 Å². The number of hydrogen-bond donors (Lipinski definition) is 2. The zero-order chi connectivity index (χ0) is 14.3. The number of nitrogens with one attached hydrogen (secondary N) is 1. The fraction of sp³-hybridized carbons (Fsp3) is 0.800. The molecule has 0 aliphatic heterocycles. The summed E-state index contributed by atoms with van der Waals surface area (Å²) in [6.07, 6.45) is 8.38. The van der Waals surface area contributed by atoms with Crippen LogP contribution in [-0.2, 0) is 4.79 Å². The van der Waals surface area contributed by atoms with Gasteiger partial charge in [-0.3, -0.25) is 4.79 Å². The van der Waals surface area contributed by atoms with E-state index in [1.54, 1.807) is 6.08 Å². The van der Waals surface area contributed by atoms with E-state index in [-0.39, 0.29) is 12.5 Å². The van der Waals surface area contributed by atoms with Gasteiger partial charge in [0.1, 0.15) is 0 Å². The molecule has 0 aromatic rings. The van der Waals surface area contributed by atoms with E-state index in [4.69, 9.17) is 5.11 Å². The molecule has 0 bridgehead atoms. The van der Waals surface area contributed by atoms with Gasteiger partial charge in [0.15, 0.2) is 0 Å². The van der Waals surface area contributed by atoms with Crippen molar-refractivity contribution in [2.24, 2.45) is 0 Å². The van der Waals surface area contributed by atoms with Gasteiger partial charge in [-0.1, -0.05) is 38.7 Å². The Morgan fingerprint density at radius 1 is 1.21 bits per heavy atom. The number of nitrogens with zero attached hydrogens (tertiary/aromatic N) is 1. The van der Waals surface area contributed by atoms with Gasteiger partial charge in [-0.05, 0) is 12.8 Å². The third kappa shape index (κ3) is 10.7. The van der Waals surface area contributed by atoms with Crippen molar-refractivity contribution in [2.45, 2.75) is 45.4 Å². The summed E-state index contributed by atoms with van der Waals surface area (Å²) >= 11 is 0. The Kier molecular flexibility index (Phi) is 12.9. The first-order valence-corrected chi connectivity index (χ1v) is 7.46. The lowest BCUT2D eigenvalue weighted by atomic mass is 10.1. The highest BCUT2D eigenvalue weighted by molar-refractivity contribution is 5.78. The molecule has 0 saturated heterocycles. The van der Waals surface area contributed by atoms with Crippen molar-refractivity contribution in [3.63, 3.8) is 0 Å². The van der Waals surface area contributed by atoms with Gasteiger partial charge >= 0.3 is 0 Å². The van der Waals surface area contributed by atoms with E-state index in [1.807, 2.05) is 4.90 Å². The van der Waals surface area contributed by atoms with Crippen molar-refractivity contribution in [3.05, 3.63) is 12.7 Å². The molecule has 0 heterocycles. The molecule has 0 saturated carbocycles.